The fourth-order valence-corrected chi connectivity index (χ4v) is 2.37. The maximum absolute atomic E-state index is 11.6. The van der Waals surface area contributed by atoms with Gasteiger partial charge in [0.1, 0.15) is 0 Å². The van der Waals surface area contributed by atoms with E-state index in [2.05, 4.69) is 6.92 Å². The third kappa shape index (κ3) is 4.55. The number of hydrogen-bond acceptors (Lipinski definition) is 3. The molecule has 0 saturated carbocycles. The number of amides is 1. The molecular weight excluding hydrogens is 214 g/mol. The fourth-order valence-electron chi connectivity index (χ4n) is 1.73. The Hall–Kier alpha value is -0.710. The Morgan fingerprint density at radius 1 is 1.47 bits per heavy atom. The van der Waals surface area contributed by atoms with Gasteiger partial charge in [-0.2, -0.15) is 0 Å². The summed E-state index contributed by atoms with van der Waals surface area (Å²) in [4.78, 5) is 23.8. The van der Waals surface area contributed by atoms with E-state index < -0.39 is 5.97 Å². The van der Waals surface area contributed by atoms with Gasteiger partial charge in [-0.15, -0.1) is 11.8 Å². The Morgan fingerprint density at radius 3 is 2.80 bits per heavy atom. The summed E-state index contributed by atoms with van der Waals surface area (Å²) in [5.41, 5.74) is 0. The molecule has 0 aromatic heterocycles. The van der Waals surface area contributed by atoms with Gasteiger partial charge >= 0.3 is 5.97 Å². The van der Waals surface area contributed by atoms with Crippen LogP contribution < -0.4 is 0 Å². The van der Waals surface area contributed by atoms with Crippen molar-refractivity contribution in [2.24, 2.45) is 5.92 Å². The van der Waals surface area contributed by atoms with E-state index in [4.69, 9.17) is 5.11 Å². The van der Waals surface area contributed by atoms with Crippen molar-refractivity contribution in [3.63, 3.8) is 0 Å². The van der Waals surface area contributed by atoms with E-state index in [1.165, 1.54) is 18.2 Å². The van der Waals surface area contributed by atoms with E-state index in [9.17, 15) is 9.59 Å². The molecule has 0 unspecified atom stereocenters. The molecule has 1 aliphatic rings. The molecule has 1 amide bonds. The summed E-state index contributed by atoms with van der Waals surface area (Å²) >= 11 is 1.17. The van der Waals surface area contributed by atoms with Crippen LogP contribution >= 0.6 is 11.8 Å². The molecule has 0 bridgehead atoms. The Balaban J connectivity index is 2.24. The molecule has 1 N–H and O–H groups in total. The van der Waals surface area contributed by atoms with Crippen molar-refractivity contribution >= 4 is 23.6 Å². The Labute approximate surface area is 94.0 Å². The van der Waals surface area contributed by atoms with Crippen molar-refractivity contribution < 1.29 is 14.7 Å². The molecule has 1 heterocycles. The zero-order valence-corrected chi connectivity index (χ0v) is 9.76. The molecule has 0 aromatic rings. The van der Waals surface area contributed by atoms with E-state index in [0.29, 0.717) is 11.7 Å². The minimum absolute atomic E-state index is 0.00906. The molecule has 0 spiro atoms. The highest BCUT2D eigenvalue weighted by Crippen LogP contribution is 2.16. The fraction of sp³-hybridized carbons (Fsp3) is 0.800. The van der Waals surface area contributed by atoms with Gasteiger partial charge in [-0.05, 0) is 18.8 Å². The highest BCUT2D eigenvalue weighted by Gasteiger charge is 2.20. The van der Waals surface area contributed by atoms with E-state index in [1.807, 2.05) is 4.90 Å². The second-order valence-corrected chi connectivity index (χ2v) is 4.96. The molecule has 1 saturated heterocycles. The molecule has 0 aliphatic carbocycles. The predicted octanol–water partition coefficient (Wildman–Crippen LogP) is 1.06. The number of aliphatic carboxylic acids is 1. The maximum Gasteiger partial charge on any atom is 0.313 e. The molecule has 1 aliphatic heterocycles. The molecular formula is C10H17NO3S. The highest BCUT2D eigenvalue weighted by atomic mass is 32.2. The number of thioether (sulfide) groups is 1. The van der Waals surface area contributed by atoms with Crippen LogP contribution in [0, 0.1) is 5.92 Å². The van der Waals surface area contributed by atoms with Crippen molar-refractivity contribution in [1.82, 2.24) is 4.90 Å². The van der Waals surface area contributed by atoms with Crippen LogP contribution in [0.1, 0.15) is 19.8 Å². The third-order valence-electron chi connectivity index (χ3n) is 2.46. The van der Waals surface area contributed by atoms with Crippen molar-refractivity contribution in [2.45, 2.75) is 19.8 Å². The van der Waals surface area contributed by atoms with Crippen molar-refractivity contribution in [1.29, 1.82) is 0 Å². The first kappa shape index (κ1) is 12.4. The minimum Gasteiger partial charge on any atom is -0.481 e. The summed E-state index contributed by atoms with van der Waals surface area (Å²) in [5.74, 6) is 0.0912. The molecule has 15 heavy (non-hydrogen) atoms. The lowest BCUT2D eigenvalue weighted by Gasteiger charge is -2.30. The molecule has 86 valence electrons. The molecule has 0 aromatic carbocycles. The quantitative estimate of drug-likeness (QED) is 0.786. The van der Waals surface area contributed by atoms with Crippen molar-refractivity contribution in [2.75, 3.05) is 24.6 Å². The number of hydrogen-bond donors (Lipinski definition) is 1. The maximum atomic E-state index is 11.6. The van der Waals surface area contributed by atoms with Gasteiger partial charge in [0, 0.05) is 13.1 Å². The highest BCUT2D eigenvalue weighted by molar-refractivity contribution is 8.00. The van der Waals surface area contributed by atoms with Crippen molar-refractivity contribution in [3.05, 3.63) is 0 Å². The molecule has 4 nitrogen and oxygen atoms in total. The molecule has 0 radical (unpaired) electrons. The number of carboxylic acid groups (broad SMARTS) is 1. The first-order chi connectivity index (χ1) is 7.09. The Bertz CT molecular complexity index is 245. The molecule has 1 atom stereocenters. The number of likely N-dealkylation sites (tertiary alicyclic amines) is 1. The SMILES string of the molecule is C[C@H]1CCCN(C(=O)CSCC(=O)O)C1. The van der Waals surface area contributed by atoms with Crippen LogP contribution in [0.5, 0.6) is 0 Å². The number of piperidine rings is 1. The van der Waals surface area contributed by atoms with Crippen molar-refractivity contribution in [3.8, 4) is 0 Å². The van der Waals surface area contributed by atoms with E-state index in [-0.39, 0.29) is 11.7 Å². The van der Waals surface area contributed by atoms with Gasteiger partial charge in [-0.3, -0.25) is 9.59 Å². The van der Waals surface area contributed by atoms with Gasteiger partial charge in [0.15, 0.2) is 0 Å². The summed E-state index contributed by atoms with van der Waals surface area (Å²) in [7, 11) is 0. The largest absolute Gasteiger partial charge is 0.481 e. The second-order valence-electron chi connectivity index (χ2n) is 3.97. The van der Waals surface area contributed by atoms with Crippen LogP contribution in [0.15, 0.2) is 0 Å². The number of carbonyl (C=O) groups is 2. The van der Waals surface area contributed by atoms with E-state index >= 15 is 0 Å². The minimum atomic E-state index is -0.861. The van der Waals surface area contributed by atoms with Crippen LogP contribution in [-0.4, -0.2) is 46.5 Å². The zero-order valence-electron chi connectivity index (χ0n) is 8.94. The van der Waals surface area contributed by atoms with Gasteiger partial charge in [0.2, 0.25) is 5.91 Å². The van der Waals surface area contributed by atoms with Gasteiger partial charge in [0.25, 0.3) is 0 Å². The summed E-state index contributed by atoms with van der Waals surface area (Å²) in [6.07, 6.45) is 2.25. The summed E-state index contributed by atoms with van der Waals surface area (Å²) in [6.45, 7) is 3.80. The van der Waals surface area contributed by atoms with Crippen LogP contribution in [0.25, 0.3) is 0 Å². The van der Waals surface area contributed by atoms with Crippen LogP contribution in [-0.2, 0) is 9.59 Å². The standard InChI is InChI=1S/C10H17NO3S/c1-8-3-2-4-11(5-8)9(12)6-15-7-10(13)14/h8H,2-7H2,1H3,(H,13,14)/t8-/m0/s1. The topological polar surface area (TPSA) is 57.6 Å². The average molecular weight is 231 g/mol. The molecule has 1 fully saturated rings. The zero-order chi connectivity index (χ0) is 11.3. The smallest absolute Gasteiger partial charge is 0.313 e. The van der Waals surface area contributed by atoms with Crippen LogP contribution in [0.2, 0.25) is 0 Å². The number of carbonyl (C=O) groups excluding carboxylic acids is 1. The van der Waals surface area contributed by atoms with Crippen LogP contribution in [0.3, 0.4) is 0 Å². The summed E-state index contributed by atoms with van der Waals surface area (Å²) in [6, 6.07) is 0. The Kier molecular flexibility index (Phi) is 4.94. The van der Waals surface area contributed by atoms with Crippen LogP contribution in [0.4, 0.5) is 0 Å². The lowest BCUT2D eigenvalue weighted by Crippen LogP contribution is -2.40. The molecule has 5 heteroatoms. The second kappa shape index (κ2) is 6.00. The summed E-state index contributed by atoms with van der Waals surface area (Å²) in [5, 5.41) is 8.43. The lowest BCUT2D eigenvalue weighted by atomic mass is 10.0. The Morgan fingerprint density at radius 2 is 2.20 bits per heavy atom. The van der Waals surface area contributed by atoms with E-state index in [1.54, 1.807) is 0 Å². The average Bonchev–Trinajstić information content (AvgIpc) is 2.17. The third-order valence-corrected chi connectivity index (χ3v) is 3.36. The summed E-state index contributed by atoms with van der Waals surface area (Å²) < 4.78 is 0. The monoisotopic (exact) mass is 231 g/mol. The number of nitrogens with zero attached hydrogens (tertiary/aromatic N) is 1. The van der Waals surface area contributed by atoms with Gasteiger partial charge < -0.3 is 10.0 Å². The predicted molar refractivity (Wildman–Crippen MR) is 59.9 cm³/mol. The van der Waals surface area contributed by atoms with E-state index in [0.717, 1.165) is 19.5 Å². The molecule has 1 rings (SSSR count). The first-order valence-electron chi connectivity index (χ1n) is 5.17. The lowest BCUT2D eigenvalue weighted by molar-refractivity contribution is -0.133. The van der Waals surface area contributed by atoms with Gasteiger partial charge in [0.05, 0.1) is 11.5 Å². The number of rotatable bonds is 4. The van der Waals surface area contributed by atoms with Gasteiger partial charge in [-0.25, -0.2) is 0 Å². The van der Waals surface area contributed by atoms with Gasteiger partial charge in [-0.1, -0.05) is 6.92 Å². The normalized spacial score (nSPS) is 21.4. The number of carboxylic acids is 1. The first-order valence-corrected chi connectivity index (χ1v) is 6.32.